The molecule has 0 aliphatic rings. The highest BCUT2D eigenvalue weighted by molar-refractivity contribution is 5.40. The number of hydrogen-bond donors (Lipinski definition) is 1. The van der Waals surface area contributed by atoms with E-state index in [1.807, 2.05) is 36.4 Å². The van der Waals surface area contributed by atoms with Crippen molar-refractivity contribution in [2.45, 2.75) is 32.7 Å². The Morgan fingerprint density at radius 3 is 2.32 bits per heavy atom. The van der Waals surface area contributed by atoms with Crippen molar-refractivity contribution in [2.24, 2.45) is 5.73 Å². The van der Waals surface area contributed by atoms with Crippen LogP contribution in [-0.2, 0) is 6.42 Å². The minimum Gasteiger partial charge on any atom is -0.457 e. The molecule has 0 heterocycles. The van der Waals surface area contributed by atoms with Crippen molar-refractivity contribution < 1.29 is 4.74 Å². The first-order valence-electron chi connectivity index (χ1n) is 6.85. The van der Waals surface area contributed by atoms with Crippen molar-refractivity contribution in [3.8, 4) is 11.5 Å². The Kier molecular flexibility index (Phi) is 4.58. The first-order valence-corrected chi connectivity index (χ1v) is 6.85. The van der Waals surface area contributed by atoms with Crippen molar-refractivity contribution in [1.82, 2.24) is 0 Å². The van der Waals surface area contributed by atoms with Gasteiger partial charge in [0.25, 0.3) is 0 Å². The Morgan fingerprint density at radius 1 is 1.00 bits per heavy atom. The number of rotatable bonds is 5. The second-order valence-corrected chi connectivity index (χ2v) is 4.65. The lowest BCUT2D eigenvalue weighted by molar-refractivity contribution is 0.468. The molecule has 0 radical (unpaired) electrons. The summed E-state index contributed by atoms with van der Waals surface area (Å²) in [4.78, 5) is 0. The van der Waals surface area contributed by atoms with E-state index < -0.39 is 0 Å². The number of benzene rings is 2. The van der Waals surface area contributed by atoms with E-state index in [2.05, 4.69) is 26.0 Å². The van der Waals surface area contributed by atoms with E-state index in [0.29, 0.717) is 0 Å². The van der Waals surface area contributed by atoms with Crippen LogP contribution in [0.2, 0.25) is 0 Å². The van der Waals surface area contributed by atoms with E-state index in [-0.39, 0.29) is 6.04 Å². The maximum Gasteiger partial charge on any atom is 0.132 e. The lowest BCUT2D eigenvalue weighted by atomic mass is 10.0. The molecule has 2 aromatic carbocycles. The molecule has 100 valence electrons. The maximum absolute atomic E-state index is 6.11. The van der Waals surface area contributed by atoms with Crippen molar-refractivity contribution in [3.63, 3.8) is 0 Å². The van der Waals surface area contributed by atoms with Crippen LogP contribution in [0.25, 0.3) is 0 Å². The van der Waals surface area contributed by atoms with Crippen LogP contribution in [0.1, 0.15) is 37.4 Å². The number of ether oxygens (including phenoxy) is 1. The predicted octanol–water partition coefficient (Wildman–Crippen LogP) is 4.45. The summed E-state index contributed by atoms with van der Waals surface area (Å²) in [5.41, 5.74) is 8.49. The Labute approximate surface area is 115 Å². The Morgan fingerprint density at radius 2 is 1.68 bits per heavy atom. The summed E-state index contributed by atoms with van der Waals surface area (Å²) in [6, 6.07) is 16.2. The highest BCUT2D eigenvalue weighted by atomic mass is 16.5. The number of aryl methyl sites for hydroxylation is 1. The van der Waals surface area contributed by atoms with Gasteiger partial charge in [-0.25, -0.2) is 0 Å². The maximum atomic E-state index is 6.11. The van der Waals surface area contributed by atoms with Gasteiger partial charge in [0, 0.05) is 11.6 Å². The van der Waals surface area contributed by atoms with Crippen LogP contribution >= 0.6 is 0 Å². The van der Waals surface area contributed by atoms with Crippen LogP contribution in [0.3, 0.4) is 0 Å². The first kappa shape index (κ1) is 13.6. The smallest absolute Gasteiger partial charge is 0.132 e. The average Bonchev–Trinajstić information content (AvgIpc) is 2.48. The number of hydrogen-bond acceptors (Lipinski definition) is 2. The molecule has 2 rings (SSSR count). The summed E-state index contributed by atoms with van der Waals surface area (Å²) in [6.07, 6.45) is 1.94. The molecule has 0 fully saturated rings. The lowest BCUT2D eigenvalue weighted by Gasteiger charge is -2.15. The Hall–Kier alpha value is -1.80. The van der Waals surface area contributed by atoms with Crippen LogP contribution in [0.5, 0.6) is 11.5 Å². The van der Waals surface area contributed by atoms with Gasteiger partial charge in [0.1, 0.15) is 11.5 Å². The molecule has 0 saturated heterocycles. The van der Waals surface area contributed by atoms with Gasteiger partial charge in [-0.15, -0.1) is 0 Å². The van der Waals surface area contributed by atoms with Gasteiger partial charge in [-0.3, -0.25) is 0 Å². The van der Waals surface area contributed by atoms with Gasteiger partial charge in [0.05, 0.1) is 0 Å². The second kappa shape index (κ2) is 6.39. The van der Waals surface area contributed by atoms with Crippen molar-refractivity contribution in [1.29, 1.82) is 0 Å². The van der Waals surface area contributed by atoms with E-state index in [4.69, 9.17) is 10.5 Å². The number of para-hydroxylation sites is 1. The molecule has 2 aromatic rings. The van der Waals surface area contributed by atoms with E-state index in [0.717, 1.165) is 29.9 Å². The zero-order valence-corrected chi connectivity index (χ0v) is 11.6. The summed E-state index contributed by atoms with van der Waals surface area (Å²) in [6.45, 7) is 4.23. The molecule has 0 saturated carbocycles. The largest absolute Gasteiger partial charge is 0.457 e. The molecule has 1 atom stereocenters. The second-order valence-electron chi connectivity index (χ2n) is 4.65. The topological polar surface area (TPSA) is 35.2 Å². The fourth-order valence-corrected chi connectivity index (χ4v) is 2.02. The highest BCUT2D eigenvalue weighted by Gasteiger charge is 2.10. The van der Waals surface area contributed by atoms with Crippen molar-refractivity contribution >= 4 is 0 Å². The van der Waals surface area contributed by atoms with E-state index in [1.165, 1.54) is 5.56 Å². The predicted molar refractivity (Wildman–Crippen MR) is 79.6 cm³/mol. The number of nitrogens with two attached hydrogens (primary N) is 1. The molecule has 2 N–H and O–H groups in total. The zero-order chi connectivity index (χ0) is 13.7. The fraction of sp³-hybridized carbons (Fsp3) is 0.294. The van der Waals surface area contributed by atoms with Crippen LogP contribution in [0, 0.1) is 0 Å². The standard InChI is InChI=1S/C17H21NO/c1-3-13-9-11-14(12-10-13)19-17-8-6-5-7-15(17)16(18)4-2/h5-12,16H,3-4,18H2,1-2H3/t16-/m1/s1. The highest BCUT2D eigenvalue weighted by Crippen LogP contribution is 2.29. The Balaban J connectivity index is 2.22. The summed E-state index contributed by atoms with van der Waals surface area (Å²) in [5, 5.41) is 0. The van der Waals surface area contributed by atoms with Crippen molar-refractivity contribution in [3.05, 3.63) is 59.7 Å². The van der Waals surface area contributed by atoms with Gasteiger partial charge in [-0.1, -0.05) is 44.2 Å². The Bertz CT molecular complexity index is 519. The van der Waals surface area contributed by atoms with E-state index in [1.54, 1.807) is 0 Å². The van der Waals surface area contributed by atoms with Crippen LogP contribution in [-0.4, -0.2) is 0 Å². The van der Waals surface area contributed by atoms with Gasteiger partial charge < -0.3 is 10.5 Å². The molecule has 0 spiro atoms. The first-order chi connectivity index (χ1) is 9.24. The summed E-state index contributed by atoms with van der Waals surface area (Å²) in [5.74, 6) is 1.70. The monoisotopic (exact) mass is 255 g/mol. The molecule has 2 nitrogen and oxygen atoms in total. The molecule has 2 heteroatoms. The molecule has 0 aliphatic carbocycles. The molecular formula is C17H21NO. The van der Waals surface area contributed by atoms with Crippen molar-refractivity contribution in [2.75, 3.05) is 0 Å². The van der Waals surface area contributed by atoms with Crippen LogP contribution in [0.15, 0.2) is 48.5 Å². The fourth-order valence-electron chi connectivity index (χ4n) is 2.02. The third kappa shape index (κ3) is 3.36. The quantitative estimate of drug-likeness (QED) is 0.856. The molecule has 19 heavy (non-hydrogen) atoms. The van der Waals surface area contributed by atoms with Gasteiger partial charge >= 0.3 is 0 Å². The minimum atomic E-state index is 0.0196. The molecule has 0 unspecified atom stereocenters. The minimum absolute atomic E-state index is 0.0196. The zero-order valence-electron chi connectivity index (χ0n) is 11.6. The van der Waals surface area contributed by atoms with Crippen LogP contribution < -0.4 is 10.5 Å². The van der Waals surface area contributed by atoms with Crippen LogP contribution in [0.4, 0.5) is 0 Å². The van der Waals surface area contributed by atoms with Gasteiger partial charge in [-0.2, -0.15) is 0 Å². The SMILES string of the molecule is CCc1ccc(Oc2ccccc2[C@H](N)CC)cc1. The molecule has 0 bridgehead atoms. The van der Waals surface area contributed by atoms with E-state index >= 15 is 0 Å². The van der Waals surface area contributed by atoms with Gasteiger partial charge in [-0.05, 0) is 36.6 Å². The summed E-state index contributed by atoms with van der Waals surface area (Å²) < 4.78 is 5.95. The molecule has 0 aromatic heterocycles. The third-order valence-electron chi connectivity index (χ3n) is 3.32. The molecule has 0 aliphatic heterocycles. The summed E-state index contributed by atoms with van der Waals surface area (Å²) in [7, 11) is 0. The molecule has 0 amide bonds. The van der Waals surface area contributed by atoms with Gasteiger partial charge in [0.15, 0.2) is 0 Å². The molecular weight excluding hydrogens is 234 g/mol. The van der Waals surface area contributed by atoms with E-state index in [9.17, 15) is 0 Å². The van der Waals surface area contributed by atoms with Gasteiger partial charge in [0.2, 0.25) is 0 Å². The summed E-state index contributed by atoms with van der Waals surface area (Å²) >= 11 is 0. The average molecular weight is 255 g/mol. The third-order valence-corrected chi connectivity index (χ3v) is 3.32. The normalized spacial score (nSPS) is 12.2. The lowest BCUT2D eigenvalue weighted by Crippen LogP contribution is -2.09.